The lowest BCUT2D eigenvalue weighted by Crippen LogP contribution is -2.16. The summed E-state index contributed by atoms with van der Waals surface area (Å²) in [6.45, 7) is 1.62. The summed E-state index contributed by atoms with van der Waals surface area (Å²) in [5, 5.41) is 0. The maximum absolute atomic E-state index is 14.2. The monoisotopic (exact) mass is 312 g/mol. The van der Waals surface area contributed by atoms with E-state index in [4.69, 9.17) is 4.74 Å². The first-order chi connectivity index (χ1) is 11.2. The number of carbonyl (C=O) groups is 1. The molecule has 0 aliphatic carbocycles. The minimum Gasteiger partial charge on any atom is -0.497 e. The number of carbonyl (C=O) groups excluding carboxylic acids is 1. The van der Waals surface area contributed by atoms with Crippen molar-refractivity contribution in [3.8, 4) is 5.75 Å². The first-order valence-corrected chi connectivity index (χ1v) is 7.69. The summed E-state index contributed by atoms with van der Waals surface area (Å²) in [5.41, 5.74) is 1.60. The molecule has 0 fully saturated rings. The van der Waals surface area contributed by atoms with Gasteiger partial charge in [0.25, 0.3) is 0 Å². The van der Waals surface area contributed by atoms with Gasteiger partial charge in [-0.1, -0.05) is 36.4 Å². The molecule has 0 amide bonds. The number of allylic oxidation sites excluding steroid dienone is 2. The second-order valence-corrected chi connectivity index (χ2v) is 5.34. The first-order valence-electron chi connectivity index (χ1n) is 7.69. The average molecular weight is 312 g/mol. The van der Waals surface area contributed by atoms with Crippen LogP contribution in [0.3, 0.4) is 0 Å². The largest absolute Gasteiger partial charge is 0.497 e. The zero-order valence-electron chi connectivity index (χ0n) is 13.5. The van der Waals surface area contributed by atoms with Crippen molar-refractivity contribution in [2.24, 2.45) is 5.92 Å². The molecule has 2 aromatic carbocycles. The molecule has 2 aromatic rings. The van der Waals surface area contributed by atoms with Gasteiger partial charge in [-0.3, -0.25) is 4.79 Å². The summed E-state index contributed by atoms with van der Waals surface area (Å²) in [6.07, 6.45) is 2.48. The van der Waals surface area contributed by atoms with Gasteiger partial charge in [0, 0.05) is 5.56 Å². The standard InChI is InChI=1S/C20H21FO2/c1-3-19(21)18(14-9-15-7-5-4-6-8-15)20(22)16-10-12-17(23-2)13-11-16/h3-8,10-13,18H,9,14H2,1-2H3/b19-3-. The molecule has 0 radical (unpaired) electrons. The number of hydrogen-bond donors (Lipinski definition) is 0. The Labute approximate surface area is 136 Å². The SMILES string of the molecule is C/C=C(\F)C(CCc1ccccc1)C(=O)c1ccc(OC)cc1. The van der Waals surface area contributed by atoms with Crippen molar-refractivity contribution >= 4 is 5.78 Å². The Morgan fingerprint density at radius 1 is 1.13 bits per heavy atom. The van der Waals surface area contributed by atoms with Gasteiger partial charge in [0.15, 0.2) is 5.78 Å². The maximum Gasteiger partial charge on any atom is 0.172 e. The minimum atomic E-state index is -0.742. The molecule has 0 saturated carbocycles. The van der Waals surface area contributed by atoms with E-state index < -0.39 is 5.92 Å². The Morgan fingerprint density at radius 2 is 1.78 bits per heavy atom. The third-order valence-electron chi connectivity index (χ3n) is 3.86. The van der Waals surface area contributed by atoms with Gasteiger partial charge in [-0.2, -0.15) is 0 Å². The zero-order valence-corrected chi connectivity index (χ0v) is 13.5. The van der Waals surface area contributed by atoms with E-state index in [1.807, 2.05) is 30.3 Å². The van der Waals surface area contributed by atoms with Crippen molar-refractivity contribution in [1.29, 1.82) is 0 Å². The minimum absolute atomic E-state index is 0.195. The molecule has 1 atom stereocenters. The van der Waals surface area contributed by atoms with Gasteiger partial charge in [0.05, 0.1) is 13.0 Å². The Bertz CT molecular complexity index is 660. The highest BCUT2D eigenvalue weighted by molar-refractivity contribution is 5.99. The number of aryl methyl sites for hydroxylation is 1. The van der Waals surface area contributed by atoms with E-state index in [1.54, 1.807) is 38.3 Å². The molecule has 0 aromatic heterocycles. The van der Waals surface area contributed by atoms with Crippen molar-refractivity contribution in [3.05, 3.63) is 77.6 Å². The van der Waals surface area contributed by atoms with Crippen LogP contribution in [0.25, 0.3) is 0 Å². The van der Waals surface area contributed by atoms with Gasteiger partial charge < -0.3 is 4.74 Å². The quantitative estimate of drug-likeness (QED) is 0.672. The third kappa shape index (κ3) is 4.52. The van der Waals surface area contributed by atoms with Gasteiger partial charge in [0.1, 0.15) is 11.6 Å². The highest BCUT2D eigenvalue weighted by Crippen LogP contribution is 2.25. The summed E-state index contributed by atoms with van der Waals surface area (Å²) in [6, 6.07) is 16.6. The van der Waals surface area contributed by atoms with Gasteiger partial charge >= 0.3 is 0 Å². The summed E-state index contributed by atoms with van der Waals surface area (Å²) in [4.78, 5) is 12.6. The summed E-state index contributed by atoms with van der Waals surface area (Å²) in [7, 11) is 1.57. The molecule has 0 bridgehead atoms. The molecular weight excluding hydrogens is 291 g/mol. The Hall–Kier alpha value is -2.42. The molecule has 3 heteroatoms. The number of ether oxygens (including phenoxy) is 1. The fourth-order valence-corrected chi connectivity index (χ4v) is 2.51. The summed E-state index contributed by atoms with van der Waals surface area (Å²) in [5.74, 6) is -0.636. The van der Waals surface area contributed by atoms with Gasteiger partial charge in [-0.25, -0.2) is 4.39 Å². The van der Waals surface area contributed by atoms with Gasteiger partial charge in [-0.15, -0.1) is 0 Å². The van der Waals surface area contributed by atoms with Crippen molar-refractivity contribution in [2.75, 3.05) is 7.11 Å². The highest BCUT2D eigenvalue weighted by atomic mass is 19.1. The normalized spacial score (nSPS) is 12.7. The van der Waals surface area contributed by atoms with Crippen molar-refractivity contribution in [3.63, 3.8) is 0 Å². The predicted molar refractivity (Wildman–Crippen MR) is 90.4 cm³/mol. The predicted octanol–water partition coefficient (Wildman–Crippen LogP) is 5.00. The fourth-order valence-electron chi connectivity index (χ4n) is 2.51. The third-order valence-corrected chi connectivity index (χ3v) is 3.86. The molecule has 120 valence electrons. The van der Waals surface area contributed by atoms with Crippen LogP contribution in [0.4, 0.5) is 4.39 Å². The van der Waals surface area contributed by atoms with E-state index in [-0.39, 0.29) is 11.6 Å². The number of benzene rings is 2. The number of ketones is 1. The molecule has 0 N–H and O–H groups in total. The van der Waals surface area contributed by atoms with E-state index in [0.29, 0.717) is 24.2 Å². The van der Waals surface area contributed by atoms with Crippen molar-refractivity contribution < 1.29 is 13.9 Å². The summed E-state index contributed by atoms with van der Waals surface area (Å²) >= 11 is 0. The van der Waals surface area contributed by atoms with Crippen molar-refractivity contribution in [1.82, 2.24) is 0 Å². The molecule has 2 rings (SSSR count). The molecule has 0 aliphatic rings. The van der Waals surface area contributed by atoms with E-state index in [0.717, 1.165) is 5.56 Å². The fraction of sp³-hybridized carbons (Fsp3) is 0.250. The highest BCUT2D eigenvalue weighted by Gasteiger charge is 2.24. The van der Waals surface area contributed by atoms with E-state index >= 15 is 0 Å². The number of methoxy groups -OCH3 is 1. The average Bonchev–Trinajstić information content (AvgIpc) is 2.62. The van der Waals surface area contributed by atoms with E-state index in [2.05, 4.69) is 0 Å². The topological polar surface area (TPSA) is 26.3 Å². The van der Waals surface area contributed by atoms with E-state index in [9.17, 15) is 9.18 Å². The van der Waals surface area contributed by atoms with E-state index in [1.165, 1.54) is 6.08 Å². The van der Waals surface area contributed by atoms with Crippen LogP contribution in [-0.4, -0.2) is 12.9 Å². The van der Waals surface area contributed by atoms with Crippen LogP contribution in [0.1, 0.15) is 29.3 Å². The lowest BCUT2D eigenvalue weighted by molar-refractivity contribution is 0.0921. The van der Waals surface area contributed by atoms with Crippen LogP contribution in [0, 0.1) is 5.92 Å². The van der Waals surface area contributed by atoms with Crippen LogP contribution in [0.15, 0.2) is 66.5 Å². The molecular formula is C20H21FO2. The number of hydrogen-bond acceptors (Lipinski definition) is 2. The van der Waals surface area contributed by atoms with Crippen LogP contribution in [0.2, 0.25) is 0 Å². The maximum atomic E-state index is 14.2. The number of rotatable bonds is 7. The number of Topliss-reactive ketones (excluding diaryl/α,β-unsaturated/α-hetero) is 1. The molecule has 0 aliphatic heterocycles. The molecule has 23 heavy (non-hydrogen) atoms. The lowest BCUT2D eigenvalue weighted by atomic mass is 9.90. The van der Waals surface area contributed by atoms with Gasteiger partial charge in [-0.05, 0) is 49.6 Å². The second kappa shape index (κ2) is 8.28. The number of halogens is 1. The van der Waals surface area contributed by atoms with Crippen LogP contribution in [0.5, 0.6) is 5.75 Å². The smallest absolute Gasteiger partial charge is 0.172 e. The zero-order chi connectivity index (χ0) is 16.7. The van der Waals surface area contributed by atoms with Crippen molar-refractivity contribution in [2.45, 2.75) is 19.8 Å². The van der Waals surface area contributed by atoms with Gasteiger partial charge in [0.2, 0.25) is 0 Å². The molecule has 1 unspecified atom stereocenters. The van der Waals surface area contributed by atoms with Crippen LogP contribution >= 0.6 is 0 Å². The van der Waals surface area contributed by atoms with Crippen LogP contribution < -0.4 is 4.74 Å². The Balaban J connectivity index is 2.15. The Morgan fingerprint density at radius 3 is 2.35 bits per heavy atom. The molecule has 2 nitrogen and oxygen atoms in total. The first kappa shape index (κ1) is 16.9. The molecule has 0 spiro atoms. The molecule has 0 saturated heterocycles. The lowest BCUT2D eigenvalue weighted by Gasteiger charge is -2.14. The second-order valence-electron chi connectivity index (χ2n) is 5.34. The summed E-state index contributed by atoms with van der Waals surface area (Å²) < 4.78 is 19.3. The molecule has 0 heterocycles. The Kier molecular flexibility index (Phi) is 6.10. The van der Waals surface area contributed by atoms with Crippen LogP contribution in [-0.2, 0) is 6.42 Å².